The Bertz CT molecular complexity index is 3060. The molecule has 14 unspecified atom stereocenters. The lowest BCUT2D eigenvalue weighted by molar-refractivity contribution is -0.396. The summed E-state index contributed by atoms with van der Waals surface area (Å²) in [5, 5.41) is 217. The summed E-state index contributed by atoms with van der Waals surface area (Å²) in [5.74, 6) is -1.54. The molecular formula is C55H78O38S2. The van der Waals surface area contributed by atoms with Gasteiger partial charge in [0.25, 0.3) is 20.2 Å². The van der Waals surface area contributed by atoms with Gasteiger partial charge in [0, 0.05) is 5.92 Å². The molecule has 31 rings (SSSR count). The fourth-order valence-electron chi connectivity index (χ4n) is 13.0. The highest BCUT2D eigenvalue weighted by atomic mass is 32.2. The molecule has 15 fully saturated rings. The highest BCUT2D eigenvalue weighted by Crippen LogP contribution is 2.41. The first-order valence-corrected chi connectivity index (χ1v) is 33.0. The maximum absolute atomic E-state index is 14.1. The third-order valence-corrected chi connectivity index (χ3v) is 20.9. The fourth-order valence-corrected chi connectivity index (χ4v) is 14.8. The Labute approximate surface area is 539 Å². The van der Waals surface area contributed by atoms with Crippen molar-refractivity contribution in [3.8, 4) is 11.1 Å². The zero-order valence-corrected chi connectivity index (χ0v) is 51.2. The lowest BCUT2D eigenvalue weighted by Crippen LogP contribution is -2.68. The van der Waals surface area contributed by atoms with Crippen molar-refractivity contribution in [1.82, 2.24) is 0 Å². The fraction of sp³-hybridized carbons (Fsp3) is 0.782. The van der Waals surface area contributed by atoms with E-state index >= 15 is 0 Å². The van der Waals surface area contributed by atoms with Crippen molar-refractivity contribution >= 4 is 20.2 Å². The summed E-state index contributed by atoms with van der Waals surface area (Å²) in [4.78, 5) is -1.00. The maximum atomic E-state index is 14.1. The van der Waals surface area contributed by atoms with Gasteiger partial charge in [-0.2, -0.15) is 16.8 Å². The van der Waals surface area contributed by atoms with Gasteiger partial charge in [-0.05, 0) is 41.8 Å². The van der Waals surface area contributed by atoms with Crippen LogP contribution in [-0.2, 0) is 90.2 Å². The Morgan fingerprint density at radius 3 is 0.874 bits per heavy atom. The second kappa shape index (κ2) is 29.9. The van der Waals surface area contributed by atoms with Crippen molar-refractivity contribution < 1.29 is 184 Å². The number of benzene rings is 2. The van der Waals surface area contributed by atoms with E-state index < -0.39 is 297 Å². The summed E-state index contributed by atoms with van der Waals surface area (Å²) < 4.78 is 143. The number of aliphatic hydroxyl groups is 19. The zero-order chi connectivity index (χ0) is 68.4. The first-order chi connectivity index (χ1) is 45.1. The van der Waals surface area contributed by atoms with Gasteiger partial charge in [-0.15, -0.1) is 0 Å². The summed E-state index contributed by atoms with van der Waals surface area (Å²) in [6.07, 6.45) is -72.6. The van der Waals surface area contributed by atoms with Gasteiger partial charge in [0.05, 0.1) is 68.2 Å². The highest BCUT2D eigenvalue weighted by molar-refractivity contribution is 7.87. The molecule has 0 radical (unpaired) electrons. The summed E-state index contributed by atoms with van der Waals surface area (Å²) in [6, 6.07) is 9.61. The molecule has 29 aliphatic rings. The van der Waals surface area contributed by atoms with Crippen molar-refractivity contribution in [1.29, 1.82) is 0 Å². The zero-order valence-electron chi connectivity index (χ0n) is 49.6. The van der Waals surface area contributed by atoms with Crippen molar-refractivity contribution in [2.45, 2.75) is 225 Å². The van der Waals surface area contributed by atoms with Gasteiger partial charge in [-0.25, -0.2) is 0 Å². The van der Waals surface area contributed by atoms with Gasteiger partial charge in [0.2, 0.25) is 0 Å². The van der Waals surface area contributed by atoms with Crippen LogP contribution in [0.4, 0.5) is 0 Å². The second-order valence-electron chi connectivity index (χ2n) is 24.3. The van der Waals surface area contributed by atoms with Crippen LogP contribution in [0.2, 0.25) is 0 Å². The van der Waals surface area contributed by atoms with E-state index in [1.54, 1.807) is 0 Å². The molecule has 38 nitrogen and oxygen atoms in total. The van der Waals surface area contributed by atoms with Crippen LogP contribution in [0.3, 0.4) is 0 Å². The minimum atomic E-state index is -4.94. The maximum Gasteiger partial charge on any atom is 0.297 e. The van der Waals surface area contributed by atoms with E-state index in [0.29, 0.717) is 11.1 Å². The Hall–Kier alpha value is -3.02. The van der Waals surface area contributed by atoms with Crippen molar-refractivity contribution in [3.63, 3.8) is 0 Å². The SMILES string of the molecule is O=S1(=O)OC[C@@H]2C[C@@H]3O[C@H]4C(O)C(O)[C@@H](O[C@@H]4CO)O[C@H]4C(O)C(O)[C@H](O[C@@H]4CO)O[C@H]4C(O)C(O)[C@H](O[C@H]4COS(=O)(=O)c4ccc(cc4)-c4ccc1cc4)O[C@H]1C(O)C(O)[C@H](O[C@@H]1CO)O[C@H]1C(O)C(O)[C@H](O[C@@H]1CO)O[C@H]1C(O)C(O)[C@H](O[C@@H]1CO)O[C@H]2C(O)C3O. The van der Waals surface area contributed by atoms with Crippen LogP contribution < -0.4 is 0 Å². The molecule has 19 N–H and O–H groups in total. The summed E-state index contributed by atoms with van der Waals surface area (Å²) in [7, 11) is -9.80. The number of aliphatic hydroxyl groups excluding tert-OH is 19. The van der Waals surface area contributed by atoms with Crippen LogP contribution in [0.25, 0.3) is 11.1 Å². The van der Waals surface area contributed by atoms with E-state index in [1.165, 1.54) is 24.3 Å². The lowest BCUT2D eigenvalue weighted by atomic mass is 9.80. The third-order valence-electron chi connectivity index (χ3n) is 18.3. The topological polar surface area (TPSA) is 591 Å². The molecule has 20 bridgehead atoms. The molecule has 40 heteroatoms. The van der Waals surface area contributed by atoms with E-state index in [-0.39, 0.29) is 0 Å². The number of rotatable bonds is 5. The van der Waals surface area contributed by atoms with Gasteiger partial charge >= 0.3 is 0 Å². The summed E-state index contributed by atoms with van der Waals surface area (Å²) in [5.41, 5.74) is 0.600. The molecule has 28 aliphatic heterocycles. The molecule has 1 aliphatic carbocycles. The molecule has 0 aromatic heterocycles. The predicted octanol–water partition coefficient (Wildman–Crippen LogP) is -11.8. The average Bonchev–Trinajstić information content (AvgIpc) is 0.792. The molecule has 35 atom stereocenters. The monoisotopic (exact) mass is 1410 g/mol. The summed E-state index contributed by atoms with van der Waals surface area (Å²) >= 11 is 0. The van der Waals surface area contributed by atoms with Crippen molar-refractivity contribution in [2.24, 2.45) is 5.92 Å². The normalized spacial score (nSPS) is 49.1. The molecule has 28 heterocycles. The highest BCUT2D eigenvalue weighted by Gasteiger charge is 2.60. The first kappa shape index (κ1) is 73.2. The Morgan fingerprint density at radius 1 is 0.284 bits per heavy atom. The molecule has 1 saturated carbocycles. The molecule has 2 aromatic carbocycles. The van der Waals surface area contributed by atoms with Crippen LogP contribution >= 0.6 is 0 Å². The van der Waals surface area contributed by atoms with Crippen LogP contribution in [0.15, 0.2) is 58.3 Å². The molecule has 538 valence electrons. The second-order valence-corrected chi connectivity index (χ2v) is 27.5. The van der Waals surface area contributed by atoms with Crippen molar-refractivity contribution in [2.75, 3.05) is 46.2 Å². The minimum absolute atomic E-state index is 0.298. The number of ether oxygens (including phenoxy) is 13. The number of hydrogen-bond acceptors (Lipinski definition) is 38. The first-order valence-electron chi connectivity index (χ1n) is 30.2. The third kappa shape index (κ3) is 14.5. The van der Waals surface area contributed by atoms with Gasteiger partial charge < -0.3 is 159 Å². The molecule has 0 amide bonds. The Morgan fingerprint density at radius 2 is 0.547 bits per heavy atom. The van der Waals surface area contributed by atoms with Crippen LogP contribution in [-0.4, -0.2) is 369 Å². The standard InChI is InChI=1S/C55H78O38S2/c56-10-23-44-31(63)37(69)51(82-23)89-47-26(13-59)86-54(41(73)35(47)67)93-49-28-16-80-95(77,78)21-7-3-18(4-8-21)17-1-5-20(6-2-17)94(75,76)79-15-19-9-22(81-44)29(61)30(62)43(19)88-50-38(70)32(64)45(24(11-57)83-50)90-52-39(71)33(65)46(25(12-58)84-52)91-53-40(72)34(66)48(27(14-60)85-53)92-55(87-28)42(74)36(49)68/h1-8,19,22-74H,9-16H2/t19-,22-,23+,24+,25+,26+,27+,28-,29?,30?,31?,32?,33?,34?,35?,36?,37?,38?,39?,40?,41?,42?,43+,44+,45+,46+,47+,48+,49+,50+,51-,52+,53+,54+,55+/m0/s1. The minimum Gasteiger partial charge on any atom is -0.394 e. The van der Waals surface area contributed by atoms with E-state index in [9.17, 15) is 114 Å². The Balaban J connectivity index is 1.00. The van der Waals surface area contributed by atoms with Crippen LogP contribution in [0, 0.1) is 5.92 Å². The molecule has 0 spiro atoms. The average molecular weight is 1410 g/mol. The smallest absolute Gasteiger partial charge is 0.297 e. The molecule has 95 heavy (non-hydrogen) atoms. The van der Waals surface area contributed by atoms with Crippen molar-refractivity contribution in [3.05, 3.63) is 48.5 Å². The largest absolute Gasteiger partial charge is 0.394 e. The molecular weight excluding hydrogens is 1330 g/mol. The van der Waals surface area contributed by atoms with Crippen LogP contribution in [0.1, 0.15) is 6.42 Å². The molecule has 2 aromatic rings. The Kier molecular flexibility index (Phi) is 23.0. The van der Waals surface area contributed by atoms with Gasteiger partial charge in [-0.3, -0.25) is 8.37 Å². The van der Waals surface area contributed by atoms with E-state index in [2.05, 4.69) is 0 Å². The lowest BCUT2D eigenvalue weighted by Gasteiger charge is -2.50. The quantitative estimate of drug-likeness (QED) is 0.124. The molecule has 14 saturated heterocycles. The van der Waals surface area contributed by atoms with Gasteiger partial charge in [0.1, 0.15) is 159 Å². The van der Waals surface area contributed by atoms with E-state index in [1.807, 2.05) is 0 Å². The van der Waals surface area contributed by atoms with E-state index in [4.69, 9.17) is 69.9 Å². The number of hydrogen-bond donors (Lipinski definition) is 19. The van der Waals surface area contributed by atoms with Crippen LogP contribution in [0.5, 0.6) is 0 Å². The van der Waals surface area contributed by atoms with E-state index in [0.717, 1.165) is 24.3 Å². The van der Waals surface area contributed by atoms with Gasteiger partial charge in [0.15, 0.2) is 37.7 Å². The van der Waals surface area contributed by atoms with Gasteiger partial charge in [-0.1, -0.05) is 24.3 Å². The summed E-state index contributed by atoms with van der Waals surface area (Å²) in [6.45, 7) is -7.79. The predicted molar refractivity (Wildman–Crippen MR) is 296 cm³/mol.